The lowest BCUT2D eigenvalue weighted by Crippen LogP contribution is -2.24. The molecule has 0 amide bonds. The van der Waals surface area contributed by atoms with E-state index in [4.69, 9.17) is 5.11 Å². The minimum atomic E-state index is -3.94. The van der Waals surface area contributed by atoms with Crippen molar-refractivity contribution in [2.75, 3.05) is 0 Å². The second-order valence-electron chi connectivity index (χ2n) is 2.82. The molecule has 0 aliphatic heterocycles. The van der Waals surface area contributed by atoms with Crippen LogP contribution in [0.3, 0.4) is 0 Å². The molecule has 0 heterocycles. The van der Waals surface area contributed by atoms with Gasteiger partial charge in [-0.15, -0.1) is 0 Å². The van der Waals surface area contributed by atoms with E-state index in [2.05, 4.69) is 0 Å². The first kappa shape index (κ1) is 11.3. The molecule has 0 aliphatic rings. The molecule has 1 N–H and O–H groups in total. The summed E-state index contributed by atoms with van der Waals surface area (Å²) < 4.78 is 37.7. The highest BCUT2D eigenvalue weighted by Crippen LogP contribution is 2.17. The molecule has 15 heavy (non-hydrogen) atoms. The Kier molecular flexibility index (Phi) is 3.14. The highest BCUT2D eigenvalue weighted by molar-refractivity contribution is 5.79. The molecular formula is C10H7F3O2. The van der Waals surface area contributed by atoms with Crippen LogP contribution in [0.2, 0.25) is 0 Å². The standard InChI is InChI=1S/C10H7F3O2/c11-8-3-1-2-7(6-8)4-5-10(12,13)9(14)15/h1-6H,(H,14,15)/b5-4+. The van der Waals surface area contributed by atoms with E-state index in [1.165, 1.54) is 12.1 Å². The summed E-state index contributed by atoms with van der Waals surface area (Å²) in [6.07, 6.45) is 1.07. The minimum absolute atomic E-state index is 0.177. The van der Waals surface area contributed by atoms with Crippen molar-refractivity contribution in [3.8, 4) is 0 Å². The number of carbonyl (C=O) groups is 1. The minimum Gasteiger partial charge on any atom is -0.477 e. The summed E-state index contributed by atoms with van der Waals surface area (Å²) >= 11 is 0. The molecule has 1 rings (SSSR count). The molecule has 0 unspecified atom stereocenters. The quantitative estimate of drug-likeness (QED) is 0.842. The monoisotopic (exact) mass is 216 g/mol. The van der Waals surface area contributed by atoms with E-state index in [-0.39, 0.29) is 11.6 Å². The molecule has 0 spiro atoms. The second-order valence-corrected chi connectivity index (χ2v) is 2.82. The number of halogens is 3. The Balaban J connectivity index is 2.86. The van der Waals surface area contributed by atoms with Crippen LogP contribution in [0.25, 0.3) is 6.08 Å². The van der Waals surface area contributed by atoms with Crippen LogP contribution in [0, 0.1) is 5.82 Å². The highest BCUT2D eigenvalue weighted by atomic mass is 19.3. The Morgan fingerprint density at radius 3 is 2.60 bits per heavy atom. The summed E-state index contributed by atoms with van der Waals surface area (Å²) in [4.78, 5) is 10.0. The van der Waals surface area contributed by atoms with E-state index in [9.17, 15) is 18.0 Å². The second kappa shape index (κ2) is 4.16. The lowest BCUT2D eigenvalue weighted by atomic mass is 10.2. The third kappa shape index (κ3) is 3.12. The number of alkyl halides is 2. The molecule has 0 aliphatic carbocycles. The van der Waals surface area contributed by atoms with Crippen molar-refractivity contribution in [1.29, 1.82) is 0 Å². The van der Waals surface area contributed by atoms with Crippen molar-refractivity contribution in [2.24, 2.45) is 0 Å². The molecule has 0 fully saturated rings. The van der Waals surface area contributed by atoms with Crippen LogP contribution in [0.4, 0.5) is 13.2 Å². The van der Waals surface area contributed by atoms with Gasteiger partial charge in [0.05, 0.1) is 0 Å². The molecule has 0 saturated heterocycles. The summed E-state index contributed by atoms with van der Waals surface area (Å²) in [5, 5.41) is 8.10. The molecule has 0 aromatic heterocycles. The molecular weight excluding hydrogens is 209 g/mol. The molecule has 1 aromatic carbocycles. The zero-order valence-corrected chi connectivity index (χ0v) is 7.45. The summed E-state index contributed by atoms with van der Waals surface area (Å²) in [6, 6.07) is 4.91. The third-order valence-electron chi connectivity index (χ3n) is 1.62. The van der Waals surface area contributed by atoms with Crippen LogP contribution in [0.5, 0.6) is 0 Å². The van der Waals surface area contributed by atoms with Crippen LogP contribution in [-0.2, 0) is 4.79 Å². The Morgan fingerprint density at radius 2 is 2.07 bits per heavy atom. The lowest BCUT2D eigenvalue weighted by Gasteiger charge is -2.03. The molecule has 0 saturated carbocycles. The molecule has 0 atom stereocenters. The topological polar surface area (TPSA) is 37.3 Å². The van der Waals surface area contributed by atoms with E-state index in [1.54, 1.807) is 0 Å². The van der Waals surface area contributed by atoms with Crippen LogP contribution >= 0.6 is 0 Å². The summed E-state index contributed by atoms with van der Waals surface area (Å²) in [5.74, 6) is -6.75. The van der Waals surface area contributed by atoms with Gasteiger partial charge < -0.3 is 5.11 Å². The Morgan fingerprint density at radius 1 is 1.40 bits per heavy atom. The Labute approximate surface area is 83.7 Å². The normalized spacial score (nSPS) is 11.9. The molecule has 80 valence electrons. The van der Waals surface area contributed by atoms with E-state index < -0.39 is 17.7 Å². The van der Waals surface area contributed by atoms with Gasteiger partial charge in [-0.3, -0.25) is 0 Å². The number of hydrogen-bond donors (Lipinski definition) is 1. The number of hydrogen-bond acceptors (Lipinski definition) is 1. The Hall–Kier alpha value is -1.78. The van der Waals surface area contributed by atoms with Gasteiger partial charge in [0.2, 0.25) is 0 Å². The largest absolute Gasteiger partial charge is 0.477 e. The maximum atomic E-state index is 12.6. The molecule has 1 aromatic rings. The van der Waals surface area contributed by atoms with Gasteiger partial charge in [0.25, 0.3) is 0 Å². The van der Waals surface area contributed by atoms with Gasteiger partial charge in [-0.2, -0.15) is 8.78 Å². The van der Waals surface area contributed by atoms with Crippen LogP contribution in [0.1, 0.15) is 5.56 Å². The highest BCUT2D eigenvalue weighted by Gasteiger charge is 2.35. The number of benzene rings is 1. The van der Waals surface area contributed by atoms with E-state index in [0.717, 1.165) is 18.2 Å². The van der Waals surface area contributed by atoms with Gasteiger partial charge in [0, 0.05) is 0 Å². The molecule has 2 nitrogen and oxygen atoms in total. The fraction of sp³-hybridized carbons (Fsp3) is 0.100. The van der Waals surface area contributed by atoms with Crippen LogP contribution in [0.15, 0.2) is 30.3 Å². The summed E-state index contributed by atoms with van der Waals surface area (Å²) in [6.45, 7) is 0. The molecule has 0 bridgehead atoms. The maximum Gasteiger partial charge on any atom is 0.378 e. The van der Waals surface area contributed by atoms with Gasteiger partial charge in [0.1, 0.15) is 5.82 Å². The van der Waals surface area contributed by atoms with Crippen molar-refractivity contribution in [3.05, 3.63) is 41.7 Å². The maximum absolute atomic E-state index is 12.6. The third-order valence-corrected chi connectivity index (χ3v) is 1.62. The molecule has 0 radical (unpaired) electrons. The fourth-order valence-electron chi connectivity index (χ4n) is 0.882. The van der Waals surface area contributed by atoms with Crippen molar-refractivity contribution < 1.29 is 23.1 Å². The first-order chi connectivity index (χ1) is 6.92. The zero-order valence-electron chi connectivity index (χ0n) is 7.45. The number of rotatable bonds is 3. The van der Waals surface area contributed by atoms with Crippen molar-refractivity contribution in [3.63, 3.8) is 0 Å². The average Bonchev–Trinajstić information content (AvgIpc) is 2.15. The van der Waals surface area contributed by atoms with Gasteiger partial charge in [-0.1, -0.05) is 18.2 Å². The lowest BCUT2D eigenvalue weighted by molar-refractivity contribution is -0.157. The van der Waals surface area contributed by atoms with Crippen molar-refractivity contribution >= 4 is 12.0 Å². The number of aliphatic carboxylic acids is 1. The van der Waals surface area contributed by atoms with Crippen molar-refractivity contribution in [1.82, 2.24) is 0 Å². The van der Waals surface area contributed by atoms with Gasteiger partial charge >= 0.3 is 11.9 Å². The van der Waals surface area contributed by atoms with Gasteiger partial charge in [-0.05, 0) is 23.8 Å². The number of carboxylic acid groups (broad SMARTS) is 1. The SMILES string of the molecule is O=C(O)C(F)(F)/C=C/c1cccc(F)c1. The summed E-state index contributed by atoms with van der Waals surface area (Å²) in [7, 11) is 0. The number of carboxylic acids is 1. The predicted octanol–water partition coefficient (Wildman–Crippen LogP) is 2.56. The van der Waals surface area contributed by atoms with E-state index >= 15 is 0 Å². The fourth-order valence-corrected chi connectivity index (χ4v) is 0.882. The van der Waals surface area contributed by atoms with Gasteiger partial charge in [-0.25, -0.2) is 9.18 Å². The smallest absolute Gasteiger partial charge is 0.378 e. The van der Waals surface area contributed by atoms with Gasteiger partial charge in [0.15, 0.2) is 0 Å². The Bertz CT molecular complexity index is 399. The molecule has 5 heteroatoms. The van der Waals surface area contributed by atoms with E-state index in [1.807, 2.05) is 0 Å². The average molecular weight is 216 g/mol. The van der Waals surface area contributed by atoms with Crippen molar-refractivity contribution in [2.45, 2.75) is 5.92 Å². The predicted molar refractivity (Wildman–Crippen MR) is 48.0 cm³/mol. The summed E-state index contributed by atoms with van der Waals surface area (Å²) in [5.41, 5.74) is 0.177. The van der Waals surface area contributed by atoms with Crippen LogP contribution < -0.4 is 0 Å². The van der Waals surface area contributed by atoms with E-state index in [0.29, 0.717) is 0 Å². The first-order valence-corrected chi connectivity index (χ1v) is 3.98. The zero-order chi connectivity index (χ0) is 11.5. The van der Waals surface area contributed by atoms with Crippen LogP contribution in [-0.4, -0.2) is 17.0 Å². The first-order valence-electron chi connectivity index (χ1n) is 3.98.